The first-order valence-electron chi connectivity index (χ1n) is 7.60. The van der Waals surface area contributed by atoms with E-state index in [1.54, 1.807) is 4.90 Å². The number of rotatable bonds is 5. The Morgan fingerprint density at radius 2 is 2.13 bits per heavy atom. The van der Waals surface area contributed by atoms with Crippen LogP contribution in [0.15, 0.2) is 24.3 Å². The van der Waals surface area contributed by atoms with E-state index in [-0.39, 0.29) is 6.09 Å². The van der Waals surface area contributed by atoms with Crippen molar-refractivity contribution < 1.29 is 19.1 Å². The molecule has 1 saturated heterocycles. The lowest BCUT2D eigenvalue weighted by atomic mass is 10.2. The lowest BCUT2D eigenvalue weighted by Crippen LogP contribution is -2.35. The van der Waals surface area contributed by atoms with Crippen molar-refractivity contribution in [1.29, 1.82) is 0 Å². The summed E-state index contributed by atoms with van der Waals surface area (Å²) < 4.78 is 10.1. The second-order valence-electron chi connectivity index (χ2n) is 6.17. The van der Waals surface area contributed by atoms with Gasteiger partial charge in [-0.3, -0.25) is 4.90 Å². The first-order chi connectivity index (χ1) is 10.8. The maximum Gasteiger partial charge on any atom is 0.414 e. The molecular formula is C16H23N3O4. The highest BCUT2D eigenvalue weighted by atomic mass is 16.6. The molecule has 1 aliphatic heterocycles. The number of hydrogen-bond acceptors (Lipinski definition) is 5. The second kappa shape index (κ2) is 7.21. The average Bonchev–Trinajstić information content (AvgIpc) is 2.88. The van der Waals surface area contributed by atoms with Gasteiger partial charge in [-0.15, -0.1) is 0 Å². The number of amides is 2. The summed E-state index contributed by atoms with van der Waals surface area (Å²) in [7, 11) is 0. The Balaban J connectivity index is 1.78. The number of carbonyl (C=O) groups is 2. The van der Waals surface area contributed by atoms with Crippen LogP contribution in [-0.2, 0) is 9.47 Å². The van der Waals surface area contributed by atoms with Crippen LogP contribution in [0.25, 0.3) is 0 Å². The Morgan fingerprint density at radius 1 is 1.35 bits per heavy atom. The van der Waals surface area contributed by atoms with Crippen molar-refractivity contribution in [1.82, 2.24) is 5.32 Å². The molecule has 0 spiro atoms. The lowest BCUT2D eigenvalue weighted by Gasteiger charge is -2.19. The van der Waals surface area contributed by atoms with Gasteiger partial charge in [0.15, 0.2) is 0 Å². The molecule has 2 rings (SSSR count). The third kappa shape index (κ3) is 5.36. The van der Waals surface area contributed by atoms with Crippen molar-refractivity contribution >= 4 is 23.6 Å². The largest absolute Gasteiger partial charge is 0.447 e. The molecule has 0 atom stereocenters. The van der Waals surface area contributed by atoms with Crippen LogP contribution < -0.4 is 15.5 Å². The molecule has 126 valence electrons. The van der Waals surface area contributed by atoms with Crippen molar-refractivity contribution in [3.63, 3.8) is 0 Å². The van der Waals surface area contributed by atoms with Crippen LogP contribution in [0.4, 0.5) is 21.0 Å². The quantitative estimate of drug-likeness (QED) is 0.815. The Kier molecular flexibility index (Phi) is 5.31. The zero-order valence-electron chi connectivity index (χ0n) is 13.7. The summed E-state index contributed by atoms with van der Waals surface area (Å²) in [4.78, 5) is 24.7. The minimum atomic E-state index is -0.504. The number of nitrogens with zero attached hydrogens (tertiary/aromatic N) is 1. The predicted octanol–water partition coefficient (Wildman–Crippen LogP) is 2.58. The van der Waals surface area contributed by atoms with Gasteiger partial charge >= 0.3 is 12.2 Å². The molecule has 1 aromatic rings. The summed E-state index contributed by atoms with van der Waals surface area (Å²) in [6.45, 7) is 7.41. The van der Waals surface area contributed by atoms with E-state index in [0.717, 1.165) is 11.4 Å². The highest BCUT2D eigenvalue weighted by Gasteiger charge is 2.23. The van der Waals surface area contributed by atoms with Gasteiger partial charge in [0.25, 0.3) is 0 Å². The third-order valence-electron chi connectivity index (χ3n) is 3.04. The molecule has 0 radical (unpaired) electrons. The summed E-state index contributed by atoms with van der Waals surface area (Å²) in [5.41, 5.74) is 1.15. The summed E-state index contributed by atoms with van der Waals surface area (Å²) in [5.74, 6) is 0. The fraction of sp³-hybridized carbons (Fsp3) is 0.500. The fourth-order valence-electron chi connectivity index (χ4n) is 2.10. The Labute approximate surface area is 135 Å². The van der Waals surface area contributed by atoms with Crippen molar-refractivity contribution in [3.05, 3.63) is 24.3 Å². The minimum Gasteiger partial charge on any atom is -0.447 e. The van der Waals surface area contributed by atoms with E-state index in [1.165, 1.54) is 0 Å². The monoisotopic (exact) mass is 321 g/mol. The second-order valence-corrected chi connectivity index (χ2v) is 6.17. The molecule has 0 unspecified atom stereocenters. The Hall–Kier alpha value is -2.44. The normalized spacial score (nSPS) is 14.4. The maximum absolute atomic E-state index is 11.6. The summed E-state index contributed by atoms with van der Waals surface area (Å²) >= 11 is 0. The van der Waals surface area contributed by atoms with Crippen LogP contribution in [0.2, 0.25) is 0 Å². The van der Waals surface area contributed by atoms with Gasteiger partial charge in [-0.25, -0.2) is 9.59 Å². The molecule has 0 aliphatic carbocycles. The zero-order chi connectivity index (χ0) is 16.9. The van der Waals surface area contributed by atoms with E-state index in [0.29, 0.717) is 26.2 Å². The van der Waals surface area contributed by atoms with Crippen LogP contribution in [0.1, 0.15) is 20.8 Å². The van der Waals surface area contributed by atoms with E-state index >= 15 is 0 Å². The van der Waals surface area contributed by atoms with Gasteiger partial charge in [0, 0.05) is 24.5 Å². The van der Waals surface area contributed by atoms with Gasteiger partial charge < -0.3 is 20.1 Å². The van der Waals surface area contributed by atoms with Crippen LogP contribution >= 0.6 is 0 Å². The molecule has 1 aromatic carbocycles. The average molecular weight is 321 g/mol. The van der Waals surface area contributed by atoms with E-state index < -0.39 is 11.7 Å². The first-order valence-corrected chi connectivity index (χ1v) is 7.60. The van der Waals surface area contributed by atoms with Gasteiger partial charge in [0.1, 0.15) is 12.2 Å². The van der Waals surface area contributed by atoms with Crippen molar-refractivity contribution in [2.75, 3.05) is 36.5 Å². The predicted molar refractivity (Wildman–Crippen MR) is 87.9 cm³/mol. The highest BCUT2D eigenvalue weighted by Crippen LogP contribution is 2.22. The molecule has 1 heterocycles. The van der Waals surface area contributed by atoms with E-state index in [1.807, 2.05) is 45.0 Å². The fourth-order valence-corrected chi connectivity index (χ4v) is 2.10. The molecular weight excluding hydrogens is 298 g/mol. The number of ether oxygens (including phenoxy) is 2. The van der Waals surface area contributed by atoms with Crippen LogP contribution in [0, 0.1) is 0 Å². The smallest absolute Gasteiger partial charge is 0.414 e. The van der Waals surface area contributed by atoms with Crippen molar-refractivity contribution in [2.45, 2.75) is 26.4 Å². The first kappa shape index (κ1) is 16.9. The SMILES string of the molecule is CC(C)(C)OC(=O)NCCNc1cccc(N2CCOC2=O)c1. The molecule has 2 N–H and O–H groups in total. The molecule has 2 amide bonds. The van der Waals surface area contributed by atoms with Crippen LogP contribution in [0.5, 0.6) is 0 Å². The zero-order valence-corrected chi connectivity index (χ0v) is 13.7. The number of anilines is 2. The minimum absolute atomic E-state index is 0.325. The third-order valence-corrected chi connectivity index (χ3v) is 3.04. The van der Waals surface area contributed by atoms with Gasteiger partial charge in [-0.2, -0.15) is 0 Å². The number of carbonyl (C=O) groups excluding carboxylic acids is 2. The number of hydrogen-bond donors (Lipinski definition) is 2. The highest BCUT2D eigenvalue weighted by molar-refractivity contribution is 5.89. The van der Waals surface area contributed by atoms with Crippen molar-refractivity contribution in [3.8, 4) is 0 Å². The molecule has 0 aromatic heterocycles. The number of nitrogens with one attached hydrogen (secondary N) is 2. The summed E-state index contributed by atoms with van der Waals surface area (Å²) in [6.07, 6.45) is -0.762. The molecule has 0 bridgehead atoms. The van der Waals surface area contributed by atoms with Crippen LogP contribution in [0.3, 0.4) is 0 Å². The van der Waals surface area contributed by atoms with Gasteiger partial charge in [0.05, 0.1) is 6.54 Å². The molecule has 1 fully saturated rings. The Bertz CT molecular complexity index is 569. The topological polar surface area (TPSA) is 79.9 Å². The van der Waals surface area contributed by atoms with Gasteiger partial charge in [0.2, 0.25) is 0 Å². The number of cyclic esters (lactones) is 1. The Morgan fingerprint density at radius 3 is 2.78 bits per heavy atom. The summed E-state index contributed by atoms with van der Waals surface area (Å²) in [5, 5.41) is 5.87. The molecule has 7 nitrogen and oxygen atoms in total. The van der Waals surface area contributed by atoms with Crippen LogP contribution in [-0.4, -0.2) is 44.0 Å². The van der Waals surface area contributed by atoms with E-state index in [4.69, 9.17) is 9.47 Å². The van der Waals surface area contributed by atoms with E-state index in [9.17, 15) is 9.59 Å². The standard InChI is InChI=1S/C16H23N3O4/c1-16(2,3)23-14(20)18-8-7-17-12-5-4-6-13(11-12)19-9-10-22-15(19)21/h4-6,11,17H,7-10H2,1-3H3,(H,18,20). The molecule has 0 saturated carbocycles. The number of benzene rings is 1. The molecule has 7 heteroatoms. The van der Waals surface area contributed by atoms with Gasteiger partial charge in [-0.1, -0.05) is 6.07 Å². The maximum atomic E-state index is 11.6. The molecule has 23 heavy (non-hydrogen) atoms. The van der Waals surface area contributed by atoms with Crippen molar-refractivity contribution in [2.24, 2.45) is 0 Å². The lowest BCUT2D eigenvalue weighted by molar-refractivity contribution is 0.0530. The van der Waals surface area contributed by atoms with Gasteiger partial charge in [-0.05, 0) is 39.0 Å². The number of alkyl carbamates (subject to hydrolysis) is 1. The van der Waals surface area contributed by atoms with E-state index in [2.05, 4.69) is 10.6 Å². The molecule has 1 aliphatic rings. The summed E-state index contributed by atoms with van der Waals surface area (Å²) in [6, 6.07) is 7.50.